The number of para-hydroxylation sites is 1. The topological polar surface area (TPSA) is 145 Å². The predicted octanol–water partition coefficient (Wildman–Crippen LogP) is 6.27. The maximum Gasteiger partial charge on any atom is 0.490 e. The molecule has 1 atom stereocenters. The molecule has 1 aliphatic heterocycles. The number of amides is 1. The van der Waals surface area contributed by atoms with E-state index in [2.05, 4.69) is 43.6 Å². The molecule has 1 aliphatic rings. The lowest BCUT2D eigenvalue weighted by Gasteiger charge is -2.32. The van der Waals surface area contributed by atoms with Gasteiger partial charge < -0.3 is 24.9 Å². The van der Waals surface area contributed by atoms with E-state index in [-0.39, 0.29) is 12.0 Å². The minimum absolute atomic E-state index is 0.0350. The van der Waals surface area contributed by atoms with Gasteiger partial charge in [-0.05, 0) is 59.7 Å². The Balaban J connectivity index is 0.000000540. The van der Waals surface area contributed by atoms with Crippen molar-refractivity contribution in [2.45, 2.75) is 18.8 Å². The van der Waals surface area contributed by atoms with Crippen molar-refractivity contribution in [2.75, 3.05) is 31.6 Å². The number of hydrogen-bond acceptors (Lipinski definition) is 7. The monoisotopic (exact) mass is 672 g/mol. The smallest absolute Gasteiger partial charge is 0.490 e. The van der Waals surface area contributed by atoms with Crippen molar-refractivity contribution >= 4 is 39.4 Å². The van der Waals surface area contributed by atoms with Crippen LogP contribution in [0, 0.1) is 0 Å². The first kappa shape index (κ1) is 33.2. The number of anilines is 1. The molecule has 0 saturated carbocycles. The van der Waals surface area contributed by atoms with Gasteiger partial charge in [-0.3, -0.25) is 14.8 Å². The zero-order valence-corrected chi connectivity index (χ0v) is 25.9. The number of morpholine rings is 1. The van der Waals surface area contributed by atoms with E-state index in [1.165, 1.54) is 0 Å². The molecule has 0 aliphatic carbocycles. The summed E-state index contributed by atoms with van der Waals surface area (Å²) in [6.45, 7) is 3.24. The second kappa shape index (κ2) is 14.6. The molecule has 1 saturated heterocycles. The molecule has 0 radical (unpaired) electrons. The first-order valence-electron chi connectivity index (χ1n) is 15.3. The molecule has 252 valence electrons. The fourth-order valence-electron chi connectivity index (χ4n) is 5.49. The second-order valence-corrected chi connectivity index (χ2v) is 11.2. The Bertz CT molecular complexity index is 2060. The Kier molecular flexibility index (Phi) is 9.87. The number of nitrogens with zero attached hydrogens (tertiary/aromatic N) is 3. The number of carbonyl (C=O) groups is 2. The van der Waals surface area contributed by atoms with E-state index in [0.29, 0.717) is 31.1 Å². The van der Waals surface area contributed by atoms with Gasteiger partial charge in [-0.15, -0.1) is 0 Å². The average Bonchev–Trinajstić information content (AvgIpc) is 3.78. The number of ether oxygens (including phenoxy) is 2. The van der Waals surface area contributed by atoms with Crippen LogP contribution in [0.4, 0.5) is 18.9 Å². The molecule has 6 aromatic rings. The number of nitrogens with one attached hydrogen (secondary N) is 3. The predicted molar refractivity (Wildman–Crippen MR) is 176 cm³/mol. The van der Waals surface area contributed by atoms with Gasteiger partial charge in [0.15, 0.2) is 0 Å². The molecule has 4 heterocycles. The molecule has 3 aromatic carbocycles. The molecule has 0 spiro atoms. The SMILES string of the molecule is O=C(Nc1cc(-c2cccc3[nH]ccc23)cc2[nH]ncc12)c1cccc(CN2CCOC(COc3ccccc3)C2)n1.O=C(O)C(F)(F)F. The lowest BCUT2D eigenvalue weighted by molar-refractivity contribution is -0.192. The van der Waals surface area contributed by atoms with Crippen LogP contribution < -0.4 is 10.1 Å². The number of alkyl halides is 3. The van der Waals surface area contributed by atoms with Crippen LogP contribution in [-0.2, 0) is 16.1 Å². The molecule has 1 amide bonds. The molecule has 7 rings (SSSR count). The Morgan fingerprint density at radius 2 is 1.80 bits per heavy atom. The van der Waals surface area contributed by atoms with Crippen molar-refractivity contribution < 1.29 is 37.3 Å². The largest absolute Gasteiger partial charge is 0.491 e. The van der Waals surface area contributed by atoms with Crippen molar-refractivity contribution in [2.24, 2.45) is 0 Å². The number of carbonyl (C=O) groups excluding carboxylic acids is 1. The van der Waals surface area contributed by atoms with Gasteiger partial charge in [0.05, 0.1) is 29.7 Å². The normalized spacial score (nSPS) is 15.0. The van der Waals surface area contributed by atoms with Gasteiger partial charge in [0.2, 0.25) is 0 Å². The number of carboxylic acid groups (broad SMARTS) is 1. The number of rotatable bonds is 8. The number of halogens is 3. The van der Waals surface area contributed by atoms with E-state index in [9.17, 15) is 18.0 Å². The fourth-order valence-corrected chi connectivity index (χ4v) is 5.49. The number of aromatic nitrogens is 4. The van der Waals surface area contributed by atoms with Gasteiger partial charge >= 0.3 is 12.1 Å². The van der Waals surface area contributed by atoms with Gasteiger partial charge in [0, 0.05) is 42.1 Å². The third kappa shape index (κ3) is 8.23. The molecule has 1 unspecified atom stereocenters. The van der Waals surface area contributed by atoms with Gasteiger partial charge in [-0.2, -0.15) is 18.3 Å². The quantitative estimate of drug-likeness (QED) is 0.148. The number of benzene rings is 3. The highest BCUT2D eigenvalue weighted by Gasteiger charge is 2.38. The maximum atomic E-state index is 13.5. The van der Waals surface area contributed by atoms with Gasteiger partial charge in [-0.1, -0.05) is 36.4 Å². The fraction of sp³-hybridized carbons (Fsp3) is 0.200. The van der Waals surface area contributed by atoms with Crippen molar-refractivity contribution in [3.8, 4) is 16.9 Å². The zero-order chi connectivity index (χ0) is 34.4. The molecule has 1 fully saturated rings. The Labute approximate surface area is 277 Å². The highest BCUT2D eigenvalue weighted by atomic mass is 19.4. The van der Waals surface area contributed by atoms with Gasteiger partial charge in [-0.25, -0.2) is 9.78 Å². The summed E-state index contributed by atoms with van der Waals surface area (Å²) in [6.07, 6.45) is -1.46. The lowest BCUT2D eigenvalue weighted by Crippen LogP contribution is -2.44. The number of aliphatic carboxylic acids is 1. The molecule has 14 heteroatoms. The van der Waals surface area contributed by atoms with Crippen LogP contribution >= 0.6 is 0 Å². The third-order valence-electron chi connectivity index (χ3n) is 7.78. The summed E-state index contributed by atoms with van der Waals surface area (Å²) in [4.78, 5) is 32.6. The highest BCUT2D eigenvalue weighted by molar-refractivity contribution is 6.09. The summed E-state index contributed by atoms with van der Waals surface area (Å²) < 4.78 is 43.6. The van der Waals surface area contributed by atoms with E-state index in [4.69, 9.17) is 24.4 Å². The number of fused-ring (bicyclic) bond motifs is 2. The highest BCUT2D eigenvalue weighted by Crippen LogP contribution is 2.34. The Morgan fingerprint density at radius 3 is 2.59 bits per heavy atom. The van der Waals surface area contributed by atoms with E-state index < -0.39 is 12.1 Å². The third-order valence-corrected chi connectivity index (χ3v) is 7.78. The Hall–Kier alpha value is -5.73. The lowest BCUT2D eigenvalue weighted by atomic mass is 9.99. The summed E-state index contributed by atoms with van der Waals surface area (Å²) in [5.74, 6) is -2.20. The maximum absolute atomic E-state index is 13.5. The van der Waals surface area contributed by atoms with Crippen LogP contribution in [-0.4, -0.2) is 80.6 Å². The standard InChI is InChI=1S/C33H30N6O3.C2HF3O2/c40-33(37-31-16-22(17-32-28(31)18-35-38-32)26-9-5-10-29-27(26)12-13-34-29)30-11-4-6-23(36-30)19-39-14-15-41-25(20-39)21-42-24-7-2-1-3-8-24;3-2(4,5)1(6)7/h1-13,16-18,25,34H,14-15,19-21H2,(H,35,38)(H,37,40);(H,6,7). The summed E-state index contributed by atoms with van der Waals surface area (Å²) in [6, 6.07) is 27.6. The molecule has 4 N–H and O–H groups in total. The van der Waals surface area contributed by atoms with Crippen LogP contribution in [0.2, 0.25) is 0 Å². The van der Waals surface area contributed by atoms with Crippen molar-refractivity contribution in [1.82, 2.24) is 25.1 Å². The molecular weight excluding hydrogens is 641 g/mol. The molecular formula is C35H31F3N6O5. The zero-order valence-electron chi connectivity index (χ0n) is 25.9. The first-order valence-corrected chi connectivity index (χ1v) is 15.3. The number of H-pyrrole nitrogens is 2. The van der Waals surface area contributed by atoms with E-state index in [1.54, 1.807) is 12.3 Å². The van der Waals surface area contributed by atoms with Crippen molar-refractivity contribution in [3.05, 3.63) is 109 Å². The van der Waals surface area contributed by atoms with Crippen LogP contribution in [0.1, 0.15) is 16.2 Å². The summed E-state index contributed by atoms with van der Waals surface area (Å²) in [5, 5.41) is 19.4. The molecule has 3 aromatic heterocycles. The van der Waals surface area contributed by atoms with E-state index >= 15 is 0 Å². The summed E-state index contributed by atoms with van der Waals surface area (Å²) >= 11 is 0. The minimum atomic E-state index is -5.08. The summed E-state index contributed by atoms with van der Waals surface area (Å²) in [7, 11) is 0. The molecule has 49 heavy (non-hydrogen) atoms. The van der Waals surface area contributed by atoms with E-state index in [1.807, 2.05) is 66.9 Å². The van der Waals surface area contributed by atoms with Crippen LogP contribution in [0.5, 0.6) is 5.75 Å². The van der Waals surface area contributed by atoms with E-state index in [0.717, 1.165) is 57.5 Å². The first-order chi connectivity index (χ1) is 23.6. The molecule has 11 nitrogen and oxygen atoms in total. The number of pyridine rings is 1. The van der Waals surface area contributed by atoms with Crippen molar-refractivity contribution in [3.63, 3.8) is 0 Å². The Morgan fingerprint density at radius 1 is 1.00 bits per heavy atom. The minimum Gasteiger partial charge on any atom is -0.491 e. The van der Waals surface area contributed by atoms with Crippen LogP contribution in [0.15, 0.2) is 97.3 Å². The second-order valence-electron chi connectivity index (χ2n) is 11.2. The van der Waals surface area contributed by atoms with Crippen LogP contribution in [0.25, 0.3) is 32.9 Å². The number of aromatic amines is 2. The molecule has 0 bridgehead atoms. The van der Waals surface area contributed by atoms with Crippen LogP contribution in [0.3, 0.4) is 0 Å². The number of carboxylic acids is 1. The average molecular weight is 673 g/mol. The van der Waals surface area contributed by atoms with Crippen molar-refractivity contribution in [1.29, 1.82) is 0 Å². The van der Waals surface area contributed by atoms with Gasteiger partial charge in [0.1, 0.15) is 24.2 Å². The number of hydrogen-bond donors (Lipinski definition) is 4. The van der Waals surface area contributed by atoms with Gasteiger partial charge in [0.25, 0.3) is 5.91 Å². The summed E-state index contributed by atoms with van der Waals surface area (Å²) in [5.41, 5.74) is 5.81.